The fraction of sp³-hybridized carbons (Fsp3) is 0.238. The Kier molecular flexibility index (Phi) is 5.69. The van der Waals surface area contributed by atoms with Gasteiger partial charge in [0.05, 0.1) is 19.3 Å². The lowest BCUT2D eigenvalue weighted by atomic mass is 10.1. The fourth-order valence-corrected chi connectivity index (χ4v) is 2.56. The topological polar surface area (TPSA) is 61.6 Å². The van der Waals surface area contributed by atoms with Gasteiger partial charge in [-0.25, -0.2) is 4.98 Å². The van der Waals surface area contributed by atoms with Gasteiger partial charge in [0.15, 0.2) is 11.9 Å². The molecule has 26 heavy (non-hydrogen) atoms. The molecule has 0 aliphatic rings. The minimum Gasteiger partial charge on any atom is -0.496 e. The highest BCUT2D eigenvalue weighted by Crippen LogP contribution is 2.30. The summed E-state index contributed by atoms with van der Waals surface area (Å²) in [6.07, 6.45) is 6.34. The Bertz CT molecular complexity index is 894. The van der Waals surface area contributed by atoms with Crippen LogP contribution in [0.15, 0.2) is 40.8 Å². The fourth-order valence-electron chi connectivity index (χ4n) is 2.56. The van der Waals surface area contributed by atoms with Gasteiger partial charge in [-0.2, -0.15) is 0 Å². The molecule has 3 rings (SSSR count). The normalized spacial score (nSPS) is 11.2. The maximum absolute atomic E-state index is 11.3. The van der Waals surface area contributed by atoms with Crippen molar-refractivity contribution in [2.45, 2.75) is 19.8 Å². The number of methoxy groups -OCH3 is 1. The van der Waals surface area contributed by atoms with E-state index in [-0.39, 0.29) is 0 Å². The molecule has 0 atom stereocenters. The summed E-state index contributed by atoms with van der Waals surface area (Å²) >= 11 is 0. The molecule has 0 amide bonds. The number of nitrogens with zero attached hydrogens (tertiary/aromatic N) is 1. The molecule has 1 aromatic heterocycles. The van der Waals surface area contributed by atoms with Gasteiger partial charge in [0, 0.05) is 11.6 Å². The van der Waals surface area contributed by atoms with Gasteiger partial charge >= 0.3 is 0 Å². The van der Waals surface area contributed by atoms with E-state index in [9.17, 15) is 4.79 Å². The van der Waals surface area contributed by atoms with Crippen LogP contribution in [0.1, 0.15) is 41.6 Å². The van der Waals surface area contributed by atoms with Crippen LogP contribution in [0.5, 0.6) is 11.5 Å². The highest BCUT2D eigenvalue weighted by molar-refractivity contribution is 5.83. The summed E-state index contributed by atoms with van der Waals surface area (Å²) < 4.78 is 16.8. The zero-order valence-electron chi connectivity index (χ0n) is 14.9. The Labute approximate surface area is 152 Å². The van der Waals surface area contributed by atoms with Crippen molar-refractivity contribution in [3.8, 4) is 11.5 Å². The molecule has 0 saturated heterocycles. The van der Waals surface area contributed by atoms with Gasteiger partial charge in [-0.3, -0.25) is 4.79 Å². The van der Waals surface area contributed by atoms with Crippen LogP contribution in [0.25, 0.3) is 23.3 Å². The maximum atomic E-state index is 11.3. The molecule has 3 aromatic rings. The van der Waals surface area contributed by atoms with Crippen molar-refractivity contribution >= 4 is 29.5 Å². The molecule has 134 valence electrons. The van der Waals surface area contributed by atoms with Gasteiger partial charge in [-0.05, 0) is 36.8 Å². The molecule has 2 aromatic carbocycles. The van der Waals surface area contributed by atoms with Crippen LogP contribution < -0.4 is 9.47 Å². The van der Waals surface area contributed by atoms with Crippen molar-refractivity contribution < 1.29 is 18.7 Å². The van der Waals surface area contributed by atoms with Crippen LogP contribution in [-0.2, 0) is 0 Å². The molecule has 0 bridgehead atoms. The SMILES string of the molecule is CCCCOc1cc(/C=C/c2nc3ccccc3o2)c(OC)cc1C=O. The molecule has 5 heteroatoms. The second-order valence-corrected chi connectivity index (χ2v) is 5.81. The van der Waals surface area contributed by atoms with Gasteiger partial charge in [0.2, 0.25) is 5.89 Å². The summed E-state index contributed by atoms with van der Waals surface area (Å²) in [5.74, 6) is 1.63. The van der Waals surface area contributed by atoms with Crippen LogP contribution in [0.2, 0.25) is 0 Å². The molecular formula is C21H21NO4. The number of carbonyl (C=O) groups excluding carboxylic acids is 1. The minimum atomic E-state index is 0.469. The monoisotopic (exact) mass is 351 g/mol. The van der Waals surface area contributed by atoms with Gasteiger partial charge in [-0.15, -0.1) is 0 Å². The zero-order valence-corrected chi connectivity index (χ0v) is 14.9. The first-order chi connectivity index (χ1) is 12.7. The Balaban J connectivity index is 1.91. The second-order valence-electron chi connectivity index (χ2n) is 5.81. The van der Waals surface area contributed by atoms with Gasteiger partial charge in [-0.1, -0.05) is 25.5 Å². The Morgan fingerprint density at radius 3 is 2.65 bits per heavy atom. The third-order valence-electron chi connectivity index (χ3n) is 3.96. The summed E-state index contributed by atoms with van der Waals surface area (Å²) in [4.78, 5) is 15.8. The van der Waals surface area contributed by atoms with Crippen LogP contribution in [0.3, 0.4) is 0 Å². The van der Waals surface area contributed by atoms with Crippen LogP contribution in [0.4, 0.5) is 0 Å². The predicted molar refractivity (Wildman–Crippen MR) is 102 cm³/mol. The van der Waals surface area contributed by atoms with E-state index in [1.807, 2.05) is 30.3 Å². The average Bonchev–Trinajstić information content (AvgIpc) is 3.09. The number of fused-ring (bicyclic) bond motifs is 1. The molecule has 0 radical (unpaired) electrons. The molecule has 1 heterocycles. The summed E-state index contributed by atoms with van der Waals surface area (Å²) in [5.41, 5.74) is 2.79. The zero-order chi connectivity index (χ0) is 18.4. The molecule has 0 fully saturated rings. The number of rotatable bonds is 8. The van der Waals surface area contributed by atoms with Crippen molar-refractivity contribution in [2.75, 3.05) is 13.7 Å². The van der Waals surface area contributed by atoms with Crippen molar-refractivity contribution in [1.29, 1.82) is 0 Å². The third kappa shape index (κ3) is 3.94. The average molecular weight is 351 g/mol. The first kappa shape index (κ1) is 17.7. The van der Waals surface area contributed by atoms with Crippen LogP contribution in [0, 0.1) is 0 Å². The lowest BCUT2D eigenvalue weighted by Crippen LogP contribution is -2.01. The standard InChI is InChI=1S/C21H21NO4/c1-3-4-11-25-20-12-15(19(24-2)13-16(20)14-23)9-10-21-22-17-7-5-6-8-18(17)26-21/h5-10,12-14H,3-4,11H2,1-2H3/b10-9+. The van der Waals surface area contributed by atoms with E-state index in [2.05, 4.69) is 11.9 Å². The summed E-state index contributed by atoms with van der Waals surface area (Å²) in [7, 11) is 1.57. The maximum Gasteiger partial charge on any atom is 0.220 e. The molecule has 0 spiro atoms. The second kappa shape index (κ2) is 8.34. The van der Waals surface area contributed by atoms with E-state index in [1.165, 1.54) is 0 Å². The lowest BCUT2D eigenvalue weighted by Gasteiger charge is -2.12. The van der Waals surface area contributed by atoms with Crippen LogP contribution >= 0.6 is 0 Å². The molecule has 0 saturated carbocycles. The molecule has 0 aliphatic heterocycles. The van der Waals surface area contributed by atoms with Crippen molar-refractivity contribution in [2.24, 2.45) is 0 Å². The minimum absolute atomic E-state index is 0.469. The Hall–Kier alpha value is -3.08. The number of aromatic nitrogens is 1. The van der Waals surface area contributed by atoms with E-state index in [1.54, 1.807) is 25.3 Å². The smallest absolute Gasteiger partial charge is 0.220 e. The summed E-state index contributed by atoms with van der Waals surface area (Å²) in [5, 5.41) is 0. The number of hydrogen-bond acceptors (Lipinski definition) is 5. The van der Waals surface area contributed by atoms with Gasteiger partial charge in [0.25, 0.3) is 0 Å². The van der Waals surface area contributed by atoms with E-state index in [0.717, 1.165) is 35.8 Å². The van der Waals surface area contributed by atoms with E-state index in [0.29, 0.717) is 29.6 Å². The van der Waals surface area contributed by atoms with Crippen molar-refractivity contribution in [3.05, 3.63) is 53.4 Å². The Morgan fingerprint density at radius 1 is 1.12 bits per heavy atom. The van der Waals surface area contributed by atoms with Gasteiger partial charge in [0.1, 0.15) is 17.0 Å². The number of benzene rings is 2. The number of unbranched alkanes of at least 4 members (excludes halogenated alkanes) is 1. The van der Waals surface area contributed by atoms with Crippen molar-refractivity contribution in [1.82, 2.24) is 4.98 Å². The number of hydrogen-bond donors (Lipinski definition) is 0. The lowest BCUT2D eigenvalue weighted by molar-refractivity contribution is 0.111. The van der Waals surface area contributed by atoms with Crippen LogP contribution in [-0.4, -0.2) is 25.0 Å². The molecular weight excluding hydrogens is 330 g/mol. The number of carbonyl (C=O) groups is 1. The molecule has 0 unspecified atom stereocenters. The first-order valence-corrected chi connectivity index (χ1v) is 8.58. The highest BCUT2D eigenvalue weighted by Gasteiger charge is 2.10. The largest absolute Gasteiger partial charge is 0.496 e. The van der Waals surface area contributed by atoms with Gasteiger partial charge < -0.3 is 13.9 Å². The van der Waals surface area contributed by atoms with Crippen molar-refractivity contribution in [3.63, 3.8) is 0 Å². The van der Waals surface area contributed by atoms with E-state index < -0.39 is 0 Å². The van der Waals surface area contributed by atoms with E-state index >= 15 is 0 Å². The summed E-state index contributed by atoms with van der Waals surface area (Å²) in [6.45, 7) is 2.66. The number of oxazole rings is 1. The number of para-hydroxylation sites is 2. The highest BCUT2D eigenvalue weighted by atomic mass is 16.5. The first-order valence-electron chi connectivity index (χ1n) is 8.58. The molecule has 5 nitrogen and oxygen atoms in total. The van der Waals surface area contributed by atoms with E-state index in [4.69, 9.17) is 13.9 Å². The predicted octanol–water partition coefficient (Wildman–Crippen LogP) is 5.00. The third-order valence-corrected chi connectivity index (χ3v) is 3.96. The summed E-state index contributed by atoms with van der Waals surface area (Å²) in [6, 6.07) is 11.1. The Morgan fingerprint density at radius 2 is 1.92 bits per heavy atom. The quantitative estimate of drug-likeness (QED) is 0.422. The number of ether oxygens (including phenoxy) is 2. The number of aldehydes is 1. The molecule has 0 N–H and O–H groups in total. The molecule has 0 aliphatic carbocycles.